The van der Waals surface area contributed by atoms with Crippen molar-refractivity contribution in [1.82, 2.24) is 9.97 Å². The van der Waals surface area contributed by atoms with Gasteiger partial charge in [0.15, 0.2) is 5.82 Å². The standard InChI is InChI=1S/C25H20FN3O2/c1-16-6-11-22(17(2)14-16)28-25(30)19-4-3-5-21(15-19)31-23-12-13-27-24(29-23)18-7-9-20(26)10-8-18/h3-15H,1-2H3,(H,28,30). The third kappa shape index (κ3) is 4.93. The van der Waals surface area contributed by atoms with Crippen LogP contribution >= 0.6 is 0 Å². The lowest BCUT2D eigenvalue weighted by Gasteiger charge is -2.11. The average molecular weight is 413 g/mol. The van der Waals surface area contributed by atoms with E-state index in [-0.39, 0.29) is 11.7 Å². The average Bonchev–Trinajstić information content (AvgIpc) is 2.76. The molecule has 1 aromatic heterocycles. The lowest BCUT2D eigenvalue weighted by molar-refractivity contribution is 0.102. The molecule has 0 spiro atoms. The Kier molecular flexibility index (Phi) is 5.71. The van der Waals surface area contributed by atoms with E-state index in [1.54, 1.807) is 48.7 Å². The minimum Gasteiger partial charge on any atom is -0.439 e. The zero-order valence-corrected chi connectivity index (χ0v) is 17.1. The van der Waals surface area contributed by atoms with Crippen LogP contribution in [0.3, 0.4) is 0 Å². The van der Waals surface area contributed by atoms with E-state index in [9.17, 15) is 9.18 Å². The SMILES string of the molecule is Cc1ccc(NC(=O)c2cccc(Oc3ccnc(-c4ccc(F)cc4)n3)c2)c(C)c1. The number of rotatable bonds is 5. The second kappa shape index (κ2) is 8.75. The summed E-state index contributed by atoms with van der Waals surface area (Å²) in [5, 5.41) is 2.93. The van der Waals surface area contributed by atoms with E-state index >= 15 is 0 Å². The van der Waals surface area contributed by atoms with Crippen LogP contribution in [0.25, 0.3) is 11.4 Å². The van der Waals surface area contributed by atoms with Crippen molar-refractivity contribution in [1.29, 1.82) is 0 Å². The van der Waals surface area contributed by atoms with Gasteiger partial charge in [-0.25, -0.2) is 9.37 Å². The Balaban J connectivity index is 1.51. The van der Waals surface area contributed by atoms with Gasteiger partial charge in [0.1, 0.15) is 11.6 Å². The van der Waals surface area contributed by atoms with E-state index in [2.05, 4.69) is 15.3 Å². The van der Waals surface area contributed by atoms with Crippen molar-refractivity contribution in [2.24, 2.45) is 0 Å². The van der Waals surface area contributed by atoms with Crippen molar-refractivity contribution in [3.8, 4) is 23.0 Å². The first kappa shape index (κ1) is 20.2. The molecular formula is C25H20FN3O2. The number of anilines is 1. The van der Waals surface area contributed by atoms with Gasteiger partial charge >= 0.3 is 0 Å². The molecule has 31 heavy (non-hydrogen) atoms. The van der Waals surface area contributed by atoms with Gasteiger partial charge in [-0.1, -0.05) is 23.8 Å². The molecule has 0 radical (unpaired) electrons. The van der Waals surface area contributed by atoms with Gasteiger partial charge in [-0.2, -0.15) is 4.98 Å². The van der Waals surface area contributed by atoms with Gasteiger partial charge < -0.3 is 10.1 Å². The smallest absolute Gasteiger partial charge is 0.255 e. The fraction of sp³-hybridized carbons (Fsp3) is 0.0800. The molecule has 1 N–H and O–H groups in total. The number of nitrogens with one attached hydrogen (secondary N) is 1. The Morgan fingerprint density at radius 3 is 2.55 bits per heavy atom. The quantitative estimate of drug-likeness (QED) is 0.439. The van der Waals surface area contributed by atoms with Crippen LogP contribution in [0.4, 0.5) is 10.1 Å². The molecule has 1 amide bonds. The largest absolute Gasteiger partial charge is 0.439 e. The molecule has 0 saturated heterocycles. The fourth-order valence-corrected chi connectivity index (χ4v) is 3.11. The normalized spacial score (nSPS) is 10.5. The fourth-order valence-electron chi connectivity index (χ4n) is 3.11. The Hall–Kier alpha value is -4.06. The third-order valence-corrected chi connectivity index (χ3v) is 4.68. The molecule has 1 heterocycles. The predicted octanol–water partition coefficient (Wildman–Crippen LogP) is 5.94. The molecule has 3 aromatic carbocycles. The Morgan fingerprint density at radius 2 is 1.77 bits per heavy atom. The van der Waals surface area contributed by atoms with Crippen LogP contribution in [0.1, 0.15) is 21.5 Å². The summed E-state index contributed by atoms with van der Waals surface area (Å²) in [5.74, 6) is 0.652. The molecule has 0 fully saturated rings. The minimum absolute atomic E-state index is 0.230. The van der Waals surface area contributed by atoms with Gasteiger partial charge in [-0.05, 0) is 67.9 Å². The molecule has 0 bridgehead atoms. The van der Waals surface area contributed by atoms with Crippen molar-refractivity contribution < 1.29 is 13.9 Å². The number of hydrogen-bond acceptors (Lipinski definition) is 4. The summed E-state index contributed by atoms with van der Waals surface area (Å²) in [6, 6.07) is 20.2. The highest BCUT2D eigenvalue weighted by molar-refractivity contribution is 6.04. The molecule has 0 unspecified atom stereocenters. The summed E-state index contributed by atoms with van der Waals surface area (Å²) in [6.45, 7) is 3.96. The van der Waals surface area contributed by atoms with Crippen molar-refractivity contribution >= 4 is 11.6 Å². The number of nitrogens with zero attached hydrogens (tertiary/aromatic N) is 2. The van der Waals surface area contributed by atoms with E-state index in [0.29, 0.717) is 28.6 Å². The van der Waals surface area contributed by atoms with E-state index in [1.165, 1.54) is 12.1 Å². The molecule has 4 aromatic rings. The first-order chi connectivity index (χ1) is 15.0. The molecule has 154 valence electrons. The van der Waals surface area contributed by atoms with Crippen LogP contribution in [0.2, 0.25) is 0 Å². The van der Waals surface area contributed by atoms with Crippen molar-refractivity contribution in [3.63, 3.8) is 0 Å². The summed E-state index contributed by atoms with van der Waals surface area (Å²) in [7, 11) is 0. The Labute approximate surface area is 179 Å². The number of aromatic nitrogens is 2. The minimum atomic E-state index is -0.327. The molecule has 4 rings (SSSR count). The van der Waals surface area contributed by atoms with E-state index < -0.39 is 0 Å². The van der Waals surface area contributed by atoms with Gasteiger partial charge in [-0.15, -0.1) is 0 Å². The zero-order valence-electron chi connectivity index (χ0n) is 17.1. The molecule has 0 aliphatic carbocycles. The topological polar surface area (TPSA) is 64.1 Å². The number of benzene rings is 3. The Morgan fingerprint density at radius 1 is 0.968 bits per heavy atom. The summed E-state index contributed by atoms with van der Waals surface area (Å²) in [6.07, 6.45) is 1.57. The maximum Gasteiger partial charge on any atom is 0.255 e. The lowest BCUT2D eigenvalue weighted by Crippen LogP contribution is -2.12. The second-order valence-electron chi connectivity index (χ2n) is 7.13. The highest BCUT2D eigenvalue weighted by Gasteiger charge is 2.10. The summed E-state index contributed by atoms with van der Waals surface area (Å²) in [5.41, 5.74) is 4.03. The molecule has 0 aliphatic rings. The molecular weight excluding hydrogens is 393 g/mol. The highest BCUT2D eigenvalue weighted by atomic mass is 19.1. The number of carbonyl (C=O) groups excluding carboxylic acids is 1. The van der Waals surface area contributed by atoms with E-state index in [0.717, 1.165) is 16.8 Å². The number of halogens is 1. The van der Waals surface area contributed by atoms with E-state index in [1.807, 2.05) is 32.0 Å². The number of aryl methyl sites for hydroxylation is 2. The Bertz CT molecular complexity index is 1240. The van der Waals surface area contributed by atoms with Crippen LogP contribution < -0.4 is 10.1 Å². The highest BCUT2D eigenvalue weighted by Crippen LogP contribution is 2.24. The second-order valence-corrected chi connectivity index (χ2v) is 7.13. The lowest BCUT2D eigenvalue weighted by atomic mass is 10.1. The van der Waals surface area contributed by atoms with Gasteiger partial charge in [0.2, 0.25) is 5.88 Å². The van der Waals surface area contributed by atoms with Gasteiger partial charge in [0.25, 0.3) is 5.91 Å². The summed E-state index contributed by atoms with van der Waals surface area (Å²) >= 11 is 0. The molecule has 0 atom stereocenters. The molecule has 0 aliphatic heterocycles. The molecule has 6 heteroatoms. The van der Waals surface area contributed by atoms with E-state index in [4.69, 9.17) is 4.74 Å². The van der Waals surface area contributed by atoms with Crippen LogP contribution in [-0.2, 0) is 0 Å². The summed E-state index contributed by atoms with van der Waals surface area (Å²) < 4.78 is 19.0. The van der Waals surface area contributed by atoms with Crippen LogP contribution in [0.15, 0.2) is 79.0 Å². The summed E-state index contributed by atoms with van der Waals surface area (Å²) in [4.78, 5) is 21.3. The van der Waals surface area contributed by atoms with Crippen LogP contribution in [0.5, 0.6) is 11.6 Å². The first-order valence-electron chi connectivity index (χ1n) is 9.73. The van der Waals surface area contributed by atoms with Gasteiger partial charge in [0.05, 0.1) is 0 Å². The molecule has 0 saturated carbocycles. The van der Waals surface area contributed by atoms with Crippen molar-refractivity contribution in [2.45, 2.75) is 13.8 Å². The number of hydrogen-bond donors (Lipinski definition) is 1. The van der Waals surface area contributed by atoms with Gasteiger partial charge in [0, 0.05) is 29.1 Å². The molecule has 5 nitrogen and oxygen atoms in total. The number of ether oxygens (including phenoxy) is 1. The third-order valence-electron chi connectivity index (χ3n) is 4.68. The number of amides is 1. The first-order valence-corrected chi connectivity index (χ1v) is 9.73. The maximum absolute atomic E-state index is 13.2. The van der Waals surface area contributed by atoms with Crippen LogP contribution in [0, 0.1) is 19.7 Å². The monoisotopic (exact) mass is 413 g/mol. The van der Waals surface area contributed by atoms with Gasteiger partial charge in [-0.3, -0.25) is 4.79 Å². The zero-order chi connectivity index (χ0) is 21.8. The van der Waals surface area contributed by atoms with Crippen LogP contribution in [-0.4, -0.2) is 15.9 Å². The predicted molar refractivity (Wildman–Crippen MR) is 118 cm³/mol. The maximum atomic E-state index is 13.2. The van der Waals surface area contributed by atoms with Crippen molar-refractivity contribution in [2.75, 3.05) is 5.32 Å². The number of carbonyl (C=O) groups is 1. The van der Waals surface area contributed by atoms with Crippen molar-refractivity contribution in [3.05, 3.63) is 102 Å².